The largest absolute Gasteiger partial charge is 0.477 e. The van der Waals surface area contributed by atoms with Gasteiger partial charge in [-0.15, -0.1) is 0 Å². The van der Waals surface area contributed by atoms with E-state index in [2.05, 4.69) is 5.10 Å². The molecule has 28 heavy (non-hydrogen) atoms. The van der Waals surface area contributed by atoms with Crippen molar-refractivity contribution in [1.82, 2.24) is 14.3 Å². The minimum atomic E-state index is -1.25. The minimum absolute atomic E-state index is 0.123. The van der Waals surface area contributed by atoms with Crippen molar-refractivity contribution in [3.8, 4) is 22.6 Å². The molecule has 0 unspecified atom stereocenters. The van der Waals surface area contributed by atoms with Crippen LogP contribution < -0.4 is 5.43 Å². The van der Waals surface area contributed by atoms with Gasteiger partial charge in [0, 0.05) is 17.8 Å². The molecular weight excluding hydrogens is 361 g/mol. The smallest absolute Gasteiger partial charge is 0.341 e. The fourth-order valence-corrected chi connectivity index (χ4v) is 3.68. The first kappa shape index (κ1) is 18.2. The van der Waals surface area contributed by atoms with Crippen molar-refractivity contribution in [2.24, 2.45) is 5.41 Å². The third-order valence-electron chi connectivity index (χ3n) is 5.18. The average Bonchev–Trinajstić information content (AvgIpc) is 3.04. The number of carbonyl (C=O) groups is 1. The number of rotatable bonds is 2. The van der Waals surface area contributed by atoms with Crippen LogP contribution in [0.25, 0.3) is 22.6 Å². The van der Waals surface area contributed by atoms with Crippen molar-refractivity contribution < 1.29 is 14.3 Å². The lowest BCUT2D eigenvalue weighted by molar-refractivity contribution is 0.0693. The summed E-state index contributed by atoms with van der Waals surface area (Å²) in [6.07, 6.45) is 1.41. The molecule has 1 aromatic carbocycles. The van der Waals surface area contributed by atoms with E-state index >= 15 is 0 Å². The SMILES string of the molecule is CC(C)(C)[C@@H]1Cn2nc(-c3ccccc3F)cc2-c2cc(=O)c(C(=O)O)cn21. The third kappa shape index (κ3) is 2.83. The Kier molecular flexibility index (Phi) is 3.99. The van der Waals surface area contributed by atoms with Gasteiger partial charge in [0.05, 0.1) is 29.7 Å². The molecular formula is C21H20FN3O3. The Balaban J connectivity index is 1.96. The van der Waals surface area contributed by atoms with Gasteiger partial charge in [0.15, 0.2) is 5.43 Å². The van der Waals surface area contributed by atoms with E-state index in [4.69, 9.17) is 0 Å². The lowest BCUT2D eigenvalue weighted by Gasteiger charge is -2.38. The van der Waals surface area contributed by atoms with Crippen LogP contribution in [0.2, 0.25) is 0 Å². The van der Waals surface area contributed by atoms with Crippen LogP contribution in [-0.4, -0.2) is 25.4 Å². The molecule has 3 heterocycles. The molecule has 144 valence electrons. The fourth-order valence-electron chi connectivity index (χ4n) is 3.68. The Morgan fingerprint density at radius 3 is 2.57 bits per heavy atom. The maximum absolute atomic E-state index is 14.2. The predicted molar refractivity (Wildman–Crippen MR) is 103 cm³/mol. The van der Waals surface area contributed by atoms with Crippen molar-refractivity contribution in [3.63, 3.8) is 0 Å². The monoisotopic (exact) mass is 381 g/mol. The van der Waals surface area contributed by atoms with Crippen molar-refractivity contribution in [1.29, 1.82) is 0 Å². The second-order valence-corrected chi connectivity index (χ2v) is 8.11. The molecule has 4 rings (SSSR count). The first-order valence-corrected chi connectivity index (χ1v) is 8.99. The topological polar surface area (TPSA) is 77.1 Å². The lowest BCUT2D eigenvalue weighted by atomic mass is 9.85. The first-order chi connectivity index (χ1) is 13.2. The van der Waals surface area contributed by atoms with Crippen LogP contribution in [0.4, 0.5) is 4.39 Å². The highest BCUT2D eigenvalue weighted by Crippen LogP contribution is 2.40. The van der Waals surface area contributed by atoms with Gasteiger partial charge in [0.25, 0.3) is 0 Å². The Labute approximate surface area is 160 Å². The molecule has 0 aliphatic carbocycles. The molecule has 0 saturated carbocycles. The number of pyridine rings is 1. The van der Waals surface area contributed by atoms with Crippen LogP contribution in [-0.2, 0) is 6.54 Å². The molecule has 7 heteroatoms. The Morgan fingerprint density at radius 1 is 1.21 bits per heavy atom. The molecule has 0 saturated heterocycles. The number of benzene rings is 1. The van der Waals surface area contributed by atoms with E-state index in [9.17, 15) is 19.1 Å². The summed E-state index contributed by atoms with van der Waals surface area (Å²) in [7, 11) is 0. The molecule has 0 amide bonds. The van der Waals surface area contributed by atoms with Crippen molar-refractivity contribution >= 4 is 5.97 Å². The molecule has 1 N–H and O–H groups in total. The summed E-state index contributed by atoms with van der Waals surface area (Å²) in [5.41, 5.74) is 1.05. The first-order valence-electron chi connectivity index (χ1n) is 8.99. The van der Waals surface area contributed by atoms with Crippen molar-refractivity contribution in [2.75, 3.05) is 0 Å². The van der Waals surface area contributed by atoms with Gasteiger partial charge in [-0.2, -0.15) is 5.10 Å². The summed E-state index contributed by atoms with van der Waals surface area (Å²) in [6.45, 7) is 6.63. The number of carboxylic acid groups (broad SMARTS) is 1. The van der Waals surface area contributed by atoms with Gasteiger partial charge >= 0.3 is 5.97 Å². The van der Waals surface area contributed by atoms with Crippen LogP contribution in [0.3, 0.4) is 0 Å². The summed E-state index contributed by atoms with van der Waals surface area (Å²) in [5.74, 6) is -1.62. The van der Waals surface area contributed by atoms with Gasteiger partial charge in [0.2, 0.25) is 0 Å². The van der Waals surface area contributed by atoms with E-state index in [0.29, 0.717) is 29.2 Å². The van der Waals surface area contributed by atoms with E-state index in [1.54, 1.807) is 28.9 Å². The second kappa shape index (κ2) is 6.15. The van der Waals surface area contributed by atoms with E-state index < -0.39 is 11.4 Å². The number of halogens is 1. The zero-order valence-corrected chi connectivity index (χ0v) is 15.8. The summed E-state index contributed by atoms with van der Waals surface area (Å²) >= 11 is 0. The molecule has 1 aliphatic rings. The van der Waals surface area contributed by atoms with Gasteiger partial charge in [-0.25, -0.2) is 9.18 Å². The normalized spacial score (nSPS) is 15.8. The molecule has 0 radical (unpaired) electrons. The van der Waals surface area contributed by atoms with E-state index in [1.165, 1.54) is 18.3 Å². The number of hydrogen-bond donors (Lipinski definition) is 1. The van der Waals surface area contributed by atoms with E-state index in [0.717, 1.165) is 0 Å². The zero-order valence-electron chi connectivity index (χ0n) is 15.8. The Bertz CT molecular complexity index is 1150. The number of hydrogen-bond acceptors (Lipinski definition) is 3. The van der Waals surface area contributed by atoms with Crippen LogP contribution in [0, 0.1) is 11.2 Å². The second-order valence-electron chi connectivity index (χ2n) is 8.11. The average molecular weight is 381 g/mol. The highest BCUT2D eigenvalue weighted by atomic mass is 19.1. The summed E-state index contributed by atoms with van der Waals surface area (Å²) < 4.78 is 17.8. The highest BCUT2D eigenvalue weighted by molar-refractivity contribution is 5.87. The maximum atomic E-state index is 14.2. The van der Waals surface area contributed by atoms with Crippen LogP contribution in [0.15, 0.2) is 47.4 Å². The number of carboxylic acids is 1. The van der Waals surface area contributed by atoms with Crippen molar-refractivity contribution in [3.05, 3.63) is 64.2 Å². The molecule has 0 fully saturated rings. The highest BCUT2D eigenvalue weighted by Gasteiger charge is 2.34. The van der Waals surface area contributed by atoms with Crippen LogP contribution >= 0.6 is 0 Å². The molecule has 1 atom stereocenters. The van der Waals surface area contributed by atoms with Gasteiger partial charge in [-0.1, -0.05) is 32.9 Å². The molecule has 0 bridgehead atoms. The predicted octanol–water partition coefficient (Wildman–Crippen LogP) is 3.82. The van der Waals surface area contributed by atoms with Crippen LogP contribution in [0.1, 0.15) is 37.2 Å². The Morgan fingerprint density at radius 2 is 1.93 bits per heavy atom. The summed E-state index contributed by atoms with van der Waals surface area (Å²) in [6, 6.07) is 9.35. The summed E-state index contributed by atoms with van der Waals surface area (Å²) in [4.78, 5) is 23.8. The van der Waals surface area contributed by atoms with Gasteiger partial charge in [-0.3, -0.25) is 9.48 Å². The minimum Gasteiger partial charge on any atom is -0.477 e. The maximum Gasteiger partial charge on any atom is 0.341 e. The van der Waals surface area contributed by atoms with Gasteiger partial charge < -0.3 is 9.67 Å². The standard InChI is InChI=1S/C21H20FN3O3/c1-21(2,3)19-11-25-17(8-15(23-25)12-6-4-5-7-14(12)22)16-9-18(26)13(20(27)28)10-24(16)19/h4-10,19H,11H2,1-3H3,(H,27,28)/t19-/m0/s1. The van der Waals surface area contributed by atoms with E-state index in [-0.39, 0.29) is 22.8 Å². The lowest BCUT2D eigenvalue weighted by Crippen LogP contribution is -2.35. The molecule has 0 spiro atoms. The molecule has 2 aromatic heterocycles. The number of aromatic carboxylic acids is 1. The van der Waals surface area contributed by atoms with Gasteiger partial charge in [-0.05, 0) is 23.6 Å². The quantitative estimate of drug-likeness (QED) is 0.732. The van der Waals surface area contributed by atoms with E-state index in [1.807, 2.05) is 25.3 Å². The number of nitrogens with zero attached hydrogens (tertiary/aromatic N) is 3. The molecule has 3 aromatic rings. The third-order valence-corrected chi connectivity index (χ3v) is 5.18. The number of fused-ring (bicyclic) bond motifs is 3. The number of aromatic nitrogens is 3. The van der Waals surface area contributed by atoms with Gasteiger partial charge in [0.1, 0.15) is 11.4 Å². The molecule has 1 aliphatic heterocycles. The Hall–Kier alpha value is -3.22. The molecule has 6 nitrogen and oxygen atoms in total. The fraction of sp³-hybridized carbons (Fsp3) is 0.286. The zero-order chi connectivity index (χ0) is 20.2. The van der Waals surface area contributed by atoms with Crippen LogP contribution in [0.5, 0.6) is 0 Å². The van der Waals surface area contributed by atoms with Crippen molar-refractivity contribution in [2.45, 2.75) is 33.4 Å². The summed E-state index contributed by atoms with van der Waals surface area (Å²) in [5, 5.41) is 13.9.